The van der Waals surface area contributed by atoms with Crippen LogP contribution in [0.5, 0.6) is 0 Å². The van der Waals surface area contributed by atoms with Gasteiger partial charge < -0.3 is 5.32 Å². The first-order chi connectivity index (χ1) is 7.11. The number of hydrogen-bond donors (Lipinski definition) is 1. The first-order valence-electron chi connectivity index (χ1n) is 5.09. The minimum atomic E-state index is -0.0892. The summed E-state index contributed by atoms with van der Waals surface area (Å²) in [5.41, 5.74) is 1.12. The third kappa shape index (κ3) is 3.72. The average molecular weight is 206 g/mol. The summed E-state index contributed by atoms with van der Waals surface area (Å²) < 4.78 is 0. The minimum absolute atomic E-state index is 0.0591. The molecule has 82 valence electrons. The van der Waals surface area contributed by atoms with E-state index in [4.69, 9.17) is 0 Å². The Hall–Kier alpha value is -1.35. The van der Waals surface area contributed by atoms with Gasteiger partial charge >= 0.3 is 0 Å². The Balaban J connectivity index is 2.41. The van der Waals surface area contributed by atoms with E-state index in [2.05, 4.69) is 5.32 Å². The molecular weight excluding hydrogens is 188 g/mol. The van der Waals surface area contributed by atoms with E-state index in [0.29, 0.717) is 6.54 Å². The molecule has 1 rings (SSSR count). The monoisotopic (exact) mass is 206 g/mol. The Morgan fingerprint density at radius 1 is 1.33 bits per heavy atom. The lowest BCUT2D eigenvalue weighted by Crippen LogP contribution is -2.41. The van der Waals surface area contributed by atoms with E-state index in [0.717, 1.165) is 5.56 Å². The molecule has 0 bridgehead atoms. The third-order valence-electron chi connectivity index (χ3n) is 2.46. The van der Waals surface area contributed by atoms with E-state index < -0.39 is 0 Å². The lowest BCUT2D eigenvalue weighted by Gasteiger charge is -2.18. The number of carbonyl (C=O) groups excluding carboxylic acids is 1. The van der Waals surface area contributed by atoms with Crippen LogP contribution in [-0.4, -0.2) is 30.9 Å². The van der Waals surface area contributed by atoms with Crippen molar-refractivity contribution in [2.75, 3.05) is 14.1 Å². The first kappa shape index (κ1) is 11.7. The van der Waals surface area contributed by atoms with Gasteiger partial charge in [0.25, 0.3) is 0 Å². The van der Waals surface area contributed by atoms with Crippen LogP contribution >= 0.6 is 0 Å². The number of hydrogen-bond acceptors (Lipinski definition) is 2. The Morgan fingerprint density at radius 3 is 2.47 bits per heavy atom. The maximum Gasteiger partial charge on any atom is 0.237 e. The highest BCUT2D eigenvalue weighted by Gasteiger charge is 2.13. The summed E-state index contributed by atoms with van der Waals surface area (Å²) in [6, 6.07) is 9.82. The number of likely N-dealkylation sites (N-methyl/N-ethyl adjacent to an activating group) is 1. The number of rotatable bonds is 4. The Kier molecular flexibility index (Phi) is 4.31. The van der Waals surface area contributed by atoms with Gasteiger partial charge in [0.05, 0.1) is 6.04 Å². The van der Waals surface area contributed by atoms with Crippen LogP contribution in [0.4, 0.5) is 0 Å². The third-order valence-corrected chi connectivity index (χ3v) is 2.46. The van der Waals surface area contributed by atoms with Crippen LogP contribution in [0, 0.1) is 0 Å². The number of amides is 1. The molecule has 0 aromatic heterocycles. The fourth-order valence-corrected chi connectivity index (χ4v) is 1.17. The van der Waals surface area contributed by atoms with Crippen molar-refractivity contribution in [3.63, 3.8) is 0 Å². The molecule has 0 aliphatic heterocycles. The molecule has 0 radical (unpaired) electrons. The maximum atomic E-state index is 11.6. The molecule has 1 amide bonds. The molecule has 0 aliphatic carbocycles. The Bertz CT molecular complexity index is 309. The van der Waals surface area contributed by atoms with Gasteiger partial charge in [-0.2, -0.15) is 0 Å². The highest BCUT2D eigenvalue weighted by molar-refractivity contribution is 5.81. The average Bonchev–Trinajstić information content (AvgIpc) is 2.26. The van der Waals surface area contributed by atoms with Crippen LogP contribution in [0.15, 0.2) is 30.3 Å². The molecule has 0 fully saturated rings. The summed E-state index contributed by atoms with van der Waals surface area (Å²) in [4.78, 5) is 13.5. The molecule has 1 atom stereocenters. The zero-order chi connectivity index (χ0) is 11.3. The van der Waals surface area contributed by atoms with Gasteiger partial charge in [-0.25, -0.2) is 0 Å². The normalized spacial score (nSPS) is 12.5. The highest BCUT2D eigenvalue weighted by Crippen LogP contribution is 1.98. The largest absolute Gasteiger partial charge is 0.351 e. The number of nitrogens with zero attached hydrogens (tertiary/aromatic N) is 1. The van der Waals surface area contributed by atoms with Crippen molar-refractivity contribution in [3.8, 4) is 0 Å². The molecule has 1 aromatic rings. The molecule has 1 N–H and O–H groups in total. The summed E-state index contributed by atoms with van der Waals surface area (Å²) in [6.45, 7) is 2.48. The minimum Gasteiger partial charge on any atom is -0.351 e. The van der Waals surface area contributed by atoms with E-state index in [-0.39, 0.29) is 11.9 Å². The SMILES string of the molecule is CC(C(=O)NCc1ccccc1)N(C)C. The topological polar surface area (TPSA) is 32.3 Å². The molecule has 0 heterocycles. The van der Waals surface area contributed by atoms with Crippen LogP contribution in [0.2, 0.25) is 0 Å². The van der Waals surface area contributed by atoms with Crippen molar-refractivity contribution in [2.24, 2.45) is 0 Å². The molecule has 0 spiro atoms. The van der Waals surface area contributed by atoms with Crippen molar-refractivity contribution in [2.45, 2.75) is 19.5 Å². The van der Waals surface area contributed by atoms with Crippen LogP contribution in [0.3, 0.4) is 0 Å². The standard InChI is InChI=1S/C12H18N2O/c1-10(14(2)3)12(15)13-9-11-7-5-4-6-8-11/h4-8,10H,9H2,1-3H3,(H,13,15). The molecule has 1 unspecified atom stereocenters. The fourth-order valence-electron chi connectivity index (χ4n) is 1.17. The maximum absolute atomic E-state index is 11.6. The van der Waals surface area contributed by atoms with E-state index in [1.165, 1.54) is 0 Å². The van der Waals surface area contributed by atoms with Crippen molar-refractivity contribution in [1.29, 1.82) is 0 Å². The van der Waals surface area contributed by atoms with Gasteiger partial charge in [-0.05, 0) is 26.6 Å². The number of nitrogens with one attached hydrogen (secondary N) is 1. The highest BCUT2D eigenvalue weighted by atomic mass is 16.2. The molecule has 0 saturated heterocycles. The van der Waals surface area contributed by atoms with Crippen molar-refractivity contribution < 1.29 is 4.79 Å². The summed E-state index contributed by atoms with van der Waals surface area (Å²) in [6.07, 6.45) is 0. The van der Waals surface area contributed by atoms with Crippen LogP contribution < -0.4 is 5.32 Å². The molecule has 15 heavy (non-hydrogen) atoms. The van der Waals surface area contributed by atoms with Crippen LogP contribution in [0.1, 0.15) is 12.5 Å². The van der Waals surface area contributed by atoms with Crippen LogP contribution in [0.25, 0.3) is 0 Å². The van der Waals surface area contributed by atoms with E-state index in [9.17, 15) is 4.79 Å². The second kappa shape index (κ2) is 5.51. The van der Waals surface area contributed by atoms with Crippen molar-refractivity contribution in [3.05, 3.63) is 35.9 Å². The van der Waals surface area contributed by atoms with Crippen molar-refractivity contribution >= 4 is 5.91 Å². The van der Waals surface area contributed by atoms with E-state index >= 15 is 0 Å². The van der Waals surface area contributed by atoms with E-state index in [1.807, 2.05) is 56.3 Å². The van der Waals surface area contributed by atoms with Gasteiger partial charge in [0.2, 0.25) is 5.91 Å². The smallest absolute Gasteiger partial charge is 0.237 e. The van der Waals surface area contributed by atoms with E-state index in [1.54, 1.807) is 0 Å². The predicted octanol–water partition coefficient (Wildman–Crippen LogP) is 1.25. The van der Waals surface area contributed by atoms with Gasteiger partial charge in [0.1, 0.15) is 0 Å². The first-order valence-corrected chi connectivity index (χ1v) is 5.09. The zero-order valence-electron chi connectivity index (χ0n) is 9.53. The van der Waals surface area contributed by atoms with Gasteiger partial charge in [-0.3, -0.25) is 9.69 Å². The second-order valence-corrected chi connectivity index (χ2v) is 3.84. The summed E-state index contributed by atoms with van der Waals surface area (Å²) in [5, 5.41) is 2.90. The molecule has 0 aliphatic rings. The lowest BCUT2D eigenvalue weighted by molar-refractivity contribution is -0.125. The van der Waals surface area contributed by atoms with Gasteiger partial charge in [-0.15, -0.1) is 0 Å². The fraction of sp³-hybridized carbons (Fsp3) is 0.417. The van der Waals surface area contributed by atoms with Gasteiger partial charge in [-0.1, -0.05) is 30.3 Å². The Labute approximate surface area is 91.1 Å². The zero-order valence-corrected chi connectivity index (χ0v) is 9.53. The Morgan fingerprint density at radius 2 is 1.93 bits per heavy atom. The molecule has 3 nitrogen and oxygen atoms in total. The number of carbonyl (C=O) groups is 1. The molecule has 0 saturated carbocycles. The molecule has 1 aromatic carbocycles. The second-order valence-electron chi connectivity index (χ2n) is 3.84. The number of benzene rings is 1. The van der Waals surface area contributed by atoms with Crippen LogP contribution in [-0.2, 0) is 11.3 Å². The van der Waals surface area contributed by atoms with Gasteiger partial charge in [0, 0.05) is 6.54 Å². The van der Waals surface area contributed by atoms with Gasteiger partial charge in [0.15, 0.2) is 0 Å². The summed E-state index contributed by atoms with van der Waals surface area (Å²) in [5.74, 6) is 0.0591. The summed E-state index contributed by atoms with van der Waals surface area (Å²) in [7, 11) is 3.79. The quantitative estimate of drug-likeness (QED) is 0.804. The van der Waals surface area contributed by atoms with Crippen molar-refractivity contribution in [1.82, 2.24) is 10.2 Å². The molecule has 3 heteroatoms. The molecular formula is C12H18N2O. The lowest BCUT2D eigenvalue weighted by atomic mass is 10.2. The predicted molar refractivity (Wildman–Crippen MR) is 61.4 cm³/mol. The summed E-state index contributed by atoms with van der Waals surface area (Å²) >= 11 is 0.